The van der Waals surface area contributed by atoms with Gasteiger partial charge in [0.2, 0.25) is 0 Å². The second-order valence-corrected chi connectivity index (χ2v) is 30.8. The molecule has 9 aromatic carbocycles. The summed E-state index contributed by atoms with van der Waals surface area (Å²) < 4.78 is 60.6. The summed E-state index contributed by atoms with van der Waals surface area (Å²) in [7, 11) is 4.80. The van der Waals surface area contributed by atoms with E-state index in [1.54, 1.807) is 143 Å². The van der Waals surface area contributed by atoms with Gasteiger partial charge in [0.1, 0.15) is 59.5 Å². The number of fused-ring (bicyclic) bond motifs is 9. The molecular formula is C93H88Cl3N15O14. The quantitative estimate of drug-likeness (QED) is 0.0335. The van der Waals surface area contributed by atoms with Crippen molar-refractivity contribution in [3.05, 3.63) is 303 Å². The van der Waals surface area contributed by atoms with Crippen molar-refractivity contribution in [2.45, 2.75) is 83.2 Å². The van der Waals surface area contributed by atoms with Crippen LogP contribution in [0.4, 0.5) is 14.4 Å². The van der Waals surface area contributed by atoms with Gasteiger partial charge in [-0.05, 0) is 211 Å². The van der Waals surface area contributed by atoms with Gasteiger partial charge in [0.15, 0.2) is 23.0 Å². The van der Waals surface area contributed by atoms with Crippen LogP contribution in [0.1, 0.15) is 105 Å². The number of hydrogen-bond donors (Lipinski definition) is 3. The van der Waals surface area contributed by atoms with Gasteiger partial charge in [-0.3, -0.25) is 24.1 Å². The molecule has 0 aliphatic carbocycles. The lowest BCUT2D eigenvalue weighted by Crippen LogP contribution is -2.42. The highest BCUT2D eigenvalue weighted by Crippen LogP contribution is 2.46. The molecule has 29 nitrogen and oxygen atoms in total. The molecule has 15 aromatic rings. The molecule has 32 heteroatoms. The molecule has 18 rings (SSSR count). The van der Waals surface area contributed by atoms with Crippen LogP contribution in [0, 0.1) is 0 Å². The Morgan fingerprint density at radius 3 is 1.33 bits per heavy atom. The first-order valence-electron chi connectivity index (χ1n) is 40.8. The number of aryl methyl sites for hydroxylation is 3. The van der Waals surface area contributed by atoms with Crippen LogP contribution in [0.3, 0.4) is 0 Å². The normalized spacial score (nSPS) is 14.5. The van der Waals surface area contributed by atoms with Crippen molar-refractivity contribution >= 4 is 91.8 Å². The maximum absolute atomic E-state index is 13.8. The van der Waals surface area contributed by atoms with E-state index in [2.05, 4.69) is 45.5 Å². The van der Waals surface area contributed by atoms with Gasteiger partial charge in [-0.25, -0.2) is 24.2 Å². The number of aromatic amines is 3. The highest BCUT2D eigenvalue weighted by Gasteiger charge is 2.40. The number of nitrogens with zero attached hydrogens (tertiary/aromatic N) is 12. The number of aromatic nitrogens is 12. The summed E-state index contributed by atoms with van der Waals surface area (Å²) in [6.07, 6.45) is 12.8. The molecular weight excluding hydrogens is 1660 g/mol. The smallest absolute Gasteiger partial charge is 0.416 e. The second kappa shape index (κ2) is 39.4. The molecule has 3 aliphatic rings. The number of benzene rings is 9. The van der Waals surface area contributed by atoms with Gasteiger partial charge in [-0.2, -0.15) is 20.1 Å². The summed E-state index contributed by atoms with van der Waals surface area (Å²) in [5.41, 5.74) is 12.0. The average molecular weight is 1750 g/mol. The minimum atomic E-state index is -0.529. The van der Waals surface area contributed by atoms with E-state index in [0.717, 1.165) is 108 Å². The Balaban J connectivity index is 0.000000139. The van der Waals surface area contributed by atoms with E-state index in [-0.39, 0.29) is 12.6 Å². The number of hydrogen-bond acceptors (Lipinski definition) is 20. The number of carbonyl (C=O) groups is 4. The van der Waals surface area contributed by atoms with Gasteiger partial charge < -0.3 is 62.3 Å². The lowest BCUT2D eigenvalue weighted by Gasteiger charge is -2.35. The molecule has 125 heavy (non-hydrogen) atoms. The maximum atomic E-state index is 13.8. The first-order chi connectivity index (χ1) is 61.1. The Hall–Kier alpha value is -14.0. The molecule has 0 saturated carbocycles. The first kappa shape index (κ1) is 84.6. The van der Waals surface area contributed by atoms with Crippen LogP contribution in [0.25, 0.3) is 32.7 Å². The summed E-state index contributed by atoms with van der Waals surface area (Å²) >= 11 is 19.0. The van der Waals surface area contributed by atoms with E-state index in [1.807, 2.05) is 140 Å². The number of halogens is 3. The molecule has 0 spiro atoms. The zero-order valence-electron chi connectivity index (χ0n) is 68.7. The Morgan fingerprint density at radius 2 is 0.872 bits per heavy atom. The molecule has 640 valence electrons. The molecule has 0 bridgehead atoms. The Morgan fingerprint density at radius 1 is 0.432 bits per heavy atom. The number of esters is 1. The Labute approximate surface area is 733 Å². The SMILES string of the molecule is CCOC(=O)c1ccc(OC(=O)N2CCc3c([nH]c4ccc(Cl)cc34)C2c2ccc(OCCCn3cncn3)c(OC)c2)cc1.COc1cc(C2c3[nH]c4ccc(Cl)cc4c3CCN2C(=O)Oc2ccccc2)ccc1OCCCn1ccnn1.COc1ccc(OC(=O)N2CCc3c([nH]c4ccc(Cl)cc34)C2c2ccc(OCCCn3nccn3)cc2)cc1. The monoisotopic (exact) mass is 1740 g/mol. The molecule has 0 saturated heterocycles. The minimum absolute atomic E-state index is 0.274. The number of methoxy groups -OCH3 is 3. The van der Waals surface area contributed by atoms with Crippen LogP contribution < -0.4 is 42.6 Å². The Kier molecular flexibility index (Phi) is 26.7. The standard InChI is InChI=1S/C33H32ClN5O6.2C30H28ClN5O4/c1-3-43-32(40)21-5-9-24(10-6-21)45-33(41)39-15-13-25-26-18-23(34)8-11-27(26)37-30(25)31(39)22-7-12-28(29(17-22)42-2)44-16-4-14-38-20-35-19-36-38;1-38-22-8-10-24(11-9-22)40-30(37)35-17-13-25-26-19-21(31)5-12-27(26)34-28(25)29(35)20-3-6-23(7-4-20)39-18-2-16-36-32-14-15-33-36;1-38-27-18-20(8-11-26(27)39-17-5-14-35-16-13-32-34-35)29-28-23(24-19-21(31)9-10-25(24)33-28)12-15-36(29)30(37)40-22-6-3-2-4-7-22/h5-12,17-20,31,37H,3-4,13-16H2,1-2H3;3-12,14-15,19,29,34H,2,13,16-18H2,1H3;2-4,6-11,13,16,18-19,29,33H,5,12,14-15,17H2,1H3. The highest BCUT2D eigenvalue weighted by molar-refractivity contribution is 6.32. The van der Waals surface area contributed by atoms with Crippen LogP contribution in [0.15, 0.2) is 232 Å². The summed E-state index contributed by atoms with van der Waals surface area (Å²) in [6.45, 7) is 6.94. The molecule has 6 aromatic heterocycles. The third kappa shape index (κ3) is 19.7. The maximum Gasteiger partial charge on any atom is 0.416 e. The van der Waals surface area contributed by atoms with Gasteiger partial charge in [-0.1, -0.05) is 82.5 Å². The first-order valence-corrected chi connectivity index (χ1v) is 41.9. The van der Waals surface area contributed by atoms with Gasteiger partial charge in [0.05, 0.1) is 78.5 Å². The van der Waals surface area contributed by atoms with Crippen molar-refractivity contribution in [1.82, 2.24) is 74.4 Å². The topological polar surface area (TPSA) is 310 Å². The van der Waals surface area contributed by atoms with E-state index in [9.17, 15) is 19.2 Å². The summed E-state index contributed by atoms with van der Waals surface area (Å²) in [5.74, 6) is 4.62. The lowest BCUT2D eigenvalue weighted by molar-refractivity contribution is 0.0526. The van der Waals surface area contributed by atoms with E-state index in [4.69, 9.17) is 82.2 Å². The third-order valence-electron chi connectivity index (χ3n) is 21.7. The van der Waals surface area contributed by atoms with E-state index in [1.165, 1.54) is 6.33 Å². The fraction of sp³-hybridized carbons (Fsp3) is 0.247. The number of ether oxygens (including phenoxy) is 10. The molecule has 3 atom stereocenters. The van der Waals surface area contributed by atoms with Crippen molar-refractivity contribution in [3.8, 4) is 51.7 Å². The minimum Gasteiger partial charge on any atom is -0.497 e. The highest BCUT2D eigenvalue weighted by atomic mass is 35.5. The summed E-state index contributed by atoms with van der Waals surface area (Å²) in [4.78, 5) is 74.3. The number of carbonyl (C=O) groups excluding carboxylic acids is 4. The lowest BCUT2D eigenvalue weighted by atomic mass is 9.92. The number of amides is 3. The second-order valence-electron chi connectivity index (χ2n) is 29.4. The number of rotatable bonds is 26. The van der Waals surface area contributed by atoms with E-state index in [0.29, 0.717) is 145 Å². The zero-order chi connectivity index (χ0) is 86.3. The van der Waals surface area contributed by atoms with Crippen LogP contribution in [-0.2, 0) is 43.6 Å². The molecule has 3 amide bonds. The number of nitrogens with one attached hydrogen (secondary N) is 3. The molecule has 3 aliphatic heterocycles. The van der Waals surface area contributed by atoms with E-state index < -0.39 is 36.3 Å². The van der Waals surface area contributed by atoms with Gasteiger partial charge in [-0.15, -0.1) is 5.10 Å². The predicted octanol–water partition coefficient (Wildman–Crippen LogP) is 18.3. The molecule has 3 N–H and O–H groups in total. The van der Waals surface area contributed by atoms with Crippen LogP contribution >= 0.6 is 34.8 Å². The van der Waals surface area contributed by atoms with Crippen molar-refractivity contribution in [3.63, 3.8) is 0 Å². The number of H-pyrrole nitrogens is 3. The zero-order valence-corrected chi connectivity index (χ0v) is 71.0. The Bertz CT molecular complexity index is 6220. The van der Waals surface area contributed by atoms with Crippen LogP contribution in [0.5, 0.6) is 51.7 Å². The molecule has 9 heterocycles. The summed E-state index contributed by atoms with van der Waals surface area (Å²) in [6, 6.07) is 57.7. The van der Waals surface area contributed by atoms with Crippen molar-refractivity contribution in [2.24, 2.45) is 0 Å². The molecule has 0 radical (unpaired) electrons. The fourth-order valence-electron chi connectivity index (χ4n) is 15.9. The average Bonchev–Trinajstić information content (AvgIpc) is 1.63. The van der Waals surface area contributed by atoms with E-state index >= 15 is 0 Å². The summed E-state index contributed by atoms with van der Waals surface area (Å²) in [5, 5.41) is 25.3. The van der Waals surface area contributed by atoms with Crippen molar-refractivity contribution in [2.75, 3.05) is 67.4 Å². The van der Waals surface area contributed by atoms with Crippen LogP contribution in [-0.4, -0.2) is 166 Å². The molecule has 0 fully saturated rings. The van der Waals surface area contributed by atoms with Crippen LogP contribution in [0.2, 0.25) is 15.1 Å². The largest absolute Gasteiger partial charge is 0.497 e. The van der Waals surface area contributed by atoms with Crippen molar-refractivity contribution < 1.29 is 66.5 Å². The van der Waals surface area contributed by atoms with Gasteiger partial charge in [0, 0.05) is 123 Å². The molecule has 3 unspecified atom stereocenters. The fourth-order valence-corrected chi connectivity index (χ4v) is 16.4. The predicted molar refractivity (Wildman–Crippen MR) is 469 cm³/mol. The van der Waals surface area contributed by atoms with Gasteiger partial charge in [0.25, 0.3) is 0 Å². The third-order valence-corrected chi connectivity index (χ3v) is 22.4. The van der Waals surface area contributed by atoms with Gasteiger partial charge >= 0.3 is 24.2 Å². The number of para-hydroxylation sites is 1. The van der Waals surface area contributed by atoms with Crippen molar-refractivity contribution in [1.29, 1.82) is 0 Å².